The lowest BCUT2D eigenvalue weighted by molar-refractivity contribution is 0.286. The predicted molar refractivity (Wildman–Crippen MR) is 87.8 cm³/mol. The van der Waals surface area contributed by atoms with E-state index in [0.29, 0.717) is 0 Å². The first kappa shape index (κ1) is 14.5. The third kappa shape index (κ3) is 3.26. The van der Waals surface area contributed by atoms with Gasteiger partial charge in [0, 0.05) is 25.2 Å². The van der Waals surface area contributed by atoms with Crippen molar-refractivity contribution in [3.8, 4) is 11.3 Å². The van der Waals surface area contributed by atoms with Crippen molar-refractivity contribution < 1.29 is 5.11 Å². The Morgan fingerprint density at radius 1 is 1.14 bits per heavy atom. The first-order chi connectivity index (χ1) is 10.3. The maximum atomic E-state index is 9.63. The quantitative estimate of drug-likeness (QED) is 0.945. The van der Waals surface area contributed by atoms with Crippen molar-refractivity contribution >= 4 is 16.5 Å². The molecule has 1 aliphatic heterocycles. The normalized spacial score (nSPS) is 17.0. The fraction of sp³-hybridized carbons (Fsp3) is 0.438. The van der Waals surface area contributed by atoms with Crippen LogP contribution in [0.3, 0.4) is 0 Å². The van der Waals surface area contributed by atoms with Gasteiger partial charge >= 0.3 is 0 Å². The first-order valence-electron chi connectivity index (χ1n) is 7.37. The summed E-state index contributed by atoms with van der Waals surface area (Å²) in [5, 5.41) is 10.7. The van der Waals surface area contributed by atoms with E-state index >= 15 is 0 Å². The number of thiazole rings is 1. The monoisotopic (exact) mass is 303 g/mol. The number of hydrogen-bond donors (Lipinski definition) is 1. The Bertz CT molecular complexity index is 584. The molecule has 1 fully saturated rings. The molecule has 2 heterocycles. The molecule has 1 aromatic heterocycles. The highest BCUT2D eigenvalue weighted by atomic mass is 32.1. The number of likely N-dealkylation sites (N-methyl/N-ethyl adjacent to an activating group) is 1. The van der Waals surface area contributed by atoms with Crippen LogP contribution >= 0.6 is 11.3 Å². The van der Waals surface area contributed by atoms with Crippen molar-refractivity contribution in [3.63, 3.8) is 0 Å². The number of aliphatic hydroxyl groups is 1. The summed E-state index contributed by atoms with van der Waals surface area (Å²) in [6, 6.07) is 10.1. The number of aromatic nitrogens is 1. The zero-order valence-electron chi connectivity index (χ0n) is 12.3. The minimum Gasteiger partial charge on any atom is -0.391 e. The molecule has 1 N–H and O–H groups in total. The van der Waals surface area contributed by atoms with E-state index in [1.54, 1.807) is 11.3 Å². The van der Waals surface area contributed by atoms with Crippen molar-refractivity contribution in [2.45, 2.75) is 13.0 Å². The second-order valence-electron chi connectivity index (χ2n) is 5.44. The molecule has 1 saturated heterocycles. The molecular formula is C16H21N3OS. The molecular weight excluding hydrogens is 282 g/mol. The first-order valence-corrected chi connectivity index (χ1v) is 8.19. The Morgan fingerprint density at radius 3 is 2.71 bits per heavy atom. The molecule has 0 atom stereocenters. The van der Waals surface area contributed by atoms with E-state index in [1.807, 2.05) is 30.3 Å². The van der Waals surface area contributed by atoms with Gasteiger partial charge in [-0.1, -0.05) is 41.7 Å². The average molecular weight is 303 g/mol. The third-order valence-corrected chi connectivity index (χ3v) is 4.97. The van der Waals surface area contributed by atoms with Gasteiger partial charge < -0.3 is 14.9 Å². The Hall–Kier alpha value is -1.43. The van der Waals surface area contributed by atoms with Gasteiger partial charge in [0.2, 0.25) is 0 Å². The number of hydrogen-bond acceptors (Lipinski definition) is 5. The molecule has 0 saturated carbocycles. The van der Waals surface area contributed by atoms with Crippen molar-refractivity contribution in [1.82, 2.24) is 9.88 Å². The highest BCUT2D eigenvalue weighted by Gasteiger charge is 2.19. The summed E-state index contributed by atoms with van der Waals surface area (Å²) in [5.74, 6) is 0. The predicted octanol–water partition coefficient (Wildman–Crippen LogP) is 2.44. The van der Waals surface area contributed by atoms with Crippen LogP contribution in [0.5, 0.6) is 0 Å². The van der Waals surface area contributed by atoms with Crippen LogP contribution in [0.25, 0.3) is 11.3 Å². The second kappa shape index (κ2) is 6.56. The van der Waals surface area contributed by atoms with Crippen LogP contribution in [0, 0.1) is 0 Å². The van der Waals surface area contributed by atoms with Crippen LogP contribution in [0.15, 0.2) is 30.3 Å². The molecule has 1 aliphatic rings. The van der Waals surface area contributed by atoms with Gasteiger partial charge in [-0.25, -0.2) is 4.98 Å². The van der Waals surface area contributed by atoms with Gasteiger partial charge in [-0.2, -0.15) is 0 Å². The molecule has 0 amide bonds. The fourth-order valence-corrected chi connectivity index (χ4v) is 3.63. The zero-order valence-corrected chi connectivity index (χ0v) is 13.1. The highest BCUT2D eigenvalue weighted by Crippen LogP contribution is 2.33. The fourth-order valence-electron chi connectivity index (χ4n) is 2.64. The van der Waals surface area contributed by atoms with Gasteiger partial charge in [-0.05, 0) is 20.0 Å². The number of benzene rings is 1. The number of aliphatic hydroxyl groups excluding tert-OH is 1. The molecule has 3 rings (SSSR count). The minimum absolute atomic E-state index is 0.0512. The van der Waals surface area contributed by atoms with Crippen molar-refractivity contribution in [2.24, 2.45) is 0 Å². The summed E-state index contributed by atoms with van der Waals surface area (Å²) in [6.45, 7) is 4.30. The topological polar surface area (TPSA) is 39.6 Å². The summed E-state index contributed by atoms with van der Waals surface area (Å²) in [4.78, 5) is 10.5. The summed E-state index contributed by atoms with van der Waals surface area (Å²) in [6.07, 6.45) is 1.16. The molecule has 0 spiro atoms. The molecule has 0 unspecified atom stereocenters. The lowest BCUT2D eigenvalue weighted by Crippen LogP contribution is -2.28. The Labute approximate surface area is 129 Å². The largest absolute Gasteiger partial charge is 0.391 e. The van der Waals surface area contributed by atoms with Gasteiger partial charge in [-0.3, -0.25) is 0 Å². The van der Waals surface area contributed by atoms with Gasteiger partial charge in [0.1, 0.15) is 0 Å². The van der Waals surface area contributed by atoms with Crippen molar-refractivity contribution in [2.75, 3.05) is 38.1 Å². The summed E-state index contributed by atoms with van der Waals surface area (Å²) in [7, 11) is 2.17. The molecule has 0 radical (unpaired) electrons. The Morgan fingerprint density at radius 2 is 1.95 bits per heavy atom. The number of nitrogens with zero attached hydrogens (tertiary/aromatic N) is 3. The maximum Gasteiger partial charge on any atom is 0.186 e. The number of anilines is 1. The van der Waals surface area contributed by atoms with Crippen LogP contribution in [0.4, 0.5) is 5.13 Å². The molecule has 1 aromatic carbocycles. The molecule has 0 aliphatic carbocycles. The van der Waals surface area contributed by atoms with E-state index in [-0.39, 0.29) is 6.61 Å². The molecule has 4 nitrogen and oxygen atoms in total. The Kier molecular flexibility index (Phi) is 4.53. The lowest BCUT2D eigenvalue weighted by atomic mass is 10.1. The highest BCUT2D eigenvalue weighted by molar-refractivity contribution is 7.16. The summed E-state index contributed by atoms with van der Waals surface area (Å²) >= 11 is 1.62. The van der Waals surface area contributed by atoms with E-state index in [0.717, 1.165) is 53.9 Å². The lowest BCUT2D eigenvalue weighted by Gasteiger charge is -2.19. The average Bonchev–Trinajstić information content (AvgIpc) is 2.84. The smallest absolute Gasteiger partial charge is 0.186 e. The minimum atomic E-state index is 0.0512. The van der Waals surface area contributed by atoms with Gasteiger partial charge in [0.25, 0.3) is 0 Å². The number of rotatable bonds is 3. The van der Waals surface area contributed by atoms with Crippen LogP contribution < -0.4 is 4.90 Å². The van der Waals surface area contributed by atoms with E-state index in [9.17, 15) is 5.11 Å². The van der Waals surface area contributed by atoms with Gasteiger partial charge in [0.15, 0.2) is 5.13 Å². The van der Waals surface area contributed by atoms with E-state index in [2.05, 4.69) is 16.8 Å². The zero-order chi connectivity index (χ0) is 14.7. The van der Waals surface area contributed by atoms with Gasteiger partial charge in [-0.15, -0.1) is 0 Å². The van der Waals surface area contributed by atoms with Crippen LogP contribution in [0.1, 0.15) is 11.3 Å². The molecule has 2 aromatic rings. The summed E-state index contributed by atoms with van der Waals surface area (Å²) < 4.78 is 0. The van der Waals surface area contributed by atoms with Crippen LogP contribution in [0.2, 0.25) is 0 Å². The second-order valence-corrected chi connectivity index (χ2v) is 6.50. The maximum absolute atomic E-state index is 9.63. The standard InChI is InChI=1S/C16H21N3OS/c1-18-8-5-9-19(11-10-18)16-17-15(14(12-20)21-16)13-6-3-2-4-7-13/h2-4,6-7,20H,5,8-12H2,1H3. The molecule has 5 heteroatoms. The van der Waals surface area contributed by atoms with Crippen molar-refractivity contribution in [1.29, 1.82) is 0 Å². The SMILES string of the molecule is CN1CCCN(c2nc(-c3ccccc3)c(CO)s2)CC1. The van der Waals surface area contributed by atoms with Gasteiger partial charge in [0.05, 0.1) is 17.2 Å². The molecule has 112 valence electrons. The Balaban J connectivity index is 1.89. The third-order valence-electron chi connectivity index (χ3n) is 3.87. The van der Waals surface area contributed by atoms with E-state index in [4.69, 9.17) is 4.98 Å². The molecule has 0 bridgehead atoms. The van der Waals surface area contributed by atoms with E-state index < -0.39 is 0 Å². The van der Waals surface area contributed by atoms with Crippen LogP contribution in [-0.4, -0.2) is 48.2 Å². The molecule has 21 heavy (non-hydrogen) atoms. The summed E-state index contributed by atoms with van der Waals surface area (Å²) in [5.41, 5.74) is 2.01. The van der Waals surface area contributed by atoms with Crippen LogP contribution in [-0.2, 0) is 6.61 Å². The van der Waals surface area contributed by atoms with E-state index in [1.165, 1.54) is 0 Å². The van der Waals surface area contributed by atoms with Crippen molar-refractivity contribution in [3.05, 3.63) is 35.2 Å².